The summed E-state index contributed by atoms with van der Waals surface area (Å²) < 4.78 is 5.14. The summed E-state index contributed by atoms with van der Waals surface area (Å²) in [6.07, 6.45) is 0.937. The van der Waals surface area contributed by atoms with Crippen LogP contribution in [-0.2, 0) is 17.8 Å². The maximum absolute atomic E-state index is 12.4. The second-order valence-electron chi connectivity index (χ2n) is 5.38. The lowest BCUT2D eigenvalue weighted by Gasteiger charge is -2.21. The third-order valence-electron chi connectivity index (χ3n) is 3.87. The molecule has 23 heavy (non-hydrogen) atoms. The van der Waals surface area contributed by atoms with Crippen molar-refractivity contribution in [3.8, 4) is 11.5 Å². The molecule has 0 aliphatic carbocycles. The van der Waals surface area contributed by atoms with Crippen molar-refractivity contribution >= 4 is 5.91 Å². The van der Waals surface area contributed by atoms with Crippen LogP contribution < -0.4 is 4.74 Å². The fourth-order valence-electron chi connectivity index (χ4n) is 2.45. The zero-order valence-corrected chi connectivity index (χ0v) is 13.7. The van der Waals surface area contributed by atoms with Crippen LogP contribution in [0.4, 0.5) is 0 Å². The van der Waals surface area contributed by atoms with Gasteiger partial charge in [-0.3, -0.25) is 4.79 Å². The molecule has 0 heterocycles. The lowest BCUT2D eigenvalue weighted by molar-refractivity contribution is -0.131. The summed E-state index contributed by atoms with van der Waals surface area (Å²) in [5.74, 6) is 1.15. The molecule has 1 N–H and O–H groups in total. The van der Waals surface area contributed by atoms with Gasteiger partial charge in [-0.1, -0.05) is 30.3 Å². The number of methoxy groups -OCH3 is 1. The highest BCUT2D eigenvalue weighted by molar-refractivity contribution is 5.76. The maximum atomic E-state index is 12.4. The van der Waals surface area contributed by atoms with Gasteiger partial charge in [0, 0.05) is 19.5 Å². The smallest absolute Gasteiger partial charge is 0.223 e. The monoisotopic (exact) mass is 313 g/mol. The van der Waals surface area contributed by atoms with E-state index in [1.54, 1.807) is 19.2 Å². The first kappa shape index (κ1) is 16.9. The van der Waals surface area contributed by atoms with Gasteiger partial charge in [0.1, 0.15) is 11.5 Å². The van der Waals surface area contributed by atoms with Gasteiger partial charge in [-0.15, -0.1) is 0 Å². The Morgan fingerprint density at radius 2 is 1.83 bits per heavy atom. The average molecular weight is 313 g/mol. The number of hydrogen-bond acceptors (Lipinski definition) is 3. The lowest BCUT2D eigenvalue weighted by atomic mass is 10.1. The number of phenols is 1. The molecule has 4 heteroatoms. The minimum atomic E-state index is 0.0894. The first-order valence-electron chi connectivity index (χ1n) is 7.81. The van der Waals surface area contributed by atoms with Crippen LogP contribution in [0.3, 0.4) is 0 Å². The highest BCUT2D eigenvalue weighted by atomic mass is 16.5. The second-order valence-corrected chi connectivity index (χ2v) is 5.38. The van der Waals surface area contributed by atoms with Gasteiger partial charge < -0.3 is 14.7 Å². The van der Waals surface area contributed by atoms with Gasteiger partial charge in [0.05, 0.1) is 7.11 Å². The van der Waals surface area contributed by atoms with Crippen LogP contribution in [0.15, 0.2) is 48.5 Å². The van der Waals surface area contributed by atoms with Gasteiger partial charge in [0.15, 0.2) is 0 Å². The van der Waals surface area contributed by atoms with Crippen LogP contribution in [0, 0.1) is 0 Å². The molecular weight excluding hydrogens is 290 g/mol. The number of hydrogen-bond donors (Lipinski definition) is 1. The molecular formula is C19H23NO3. The average Bonchev–Trinajstić information content (AvgIpc) is 2.59. The van der Waals surface area contributed by atoms with Crippen LogP contribution in [0.25, 0.3) is 0 Å². The fourth-order valence-corrected chi connectivity index (χ4v) is 2.45. The van der Waals surface area contributed by atoms with Gasteiger partial charge in [0.25, 0.3) is 0 Å². The first-order valence-corrected chi connectivity index (χ1v) is 7.81. The predicted octanol–water partition coefficient (Wildman–Crippen LogP) is 3.38. The van der Waals surface area contributed by atoms with Crippen molar-refractivity contribution in [1.29, 1.82) is 0 Å². The Hall–Kier alpha value is -2.49. The van der Waals surface area contributed by atoms with Crippen molar-refractivity contribution in [3.63, 3.8) is 0 Å². The number of benzene rings is 2. The molecule has 1 amide bonds. The molecule has 0 saturated heterocycles. The number of nitrogens with zero attached hydrogens (tertiary/aromatic N) is 1. The summed E-state index contributed by atoms with van der Waals surface area (Å²) in [7, 11) is 1.63. The lowest BCUT2D eigenvalue weighted by Crippen LogP contribution is -2.30. The van der Waals surface area contributed by atoms with Crippen LogP contribution in [0.2, 0.25) is 0 Å². The van der Waals surface area contributed by atoms with E-state index < -0.39 is 0 Å². The minimum Gasteiger partial charge on any atom is -0.508 e. The third-order valence-corrected chi connectivity index (χ3v) is 3.87. The van der Waals surface area contributed by atoms with Gasteiger partial charge in [-0.25, -0.2) is 0 Å². The summed E-state index contributed by atoms with van der Waals surface area (Å²) in [5.41, 5.74) is 1.88. The van der Waals surface area contributed by atoms with Crippen molar-refractivity contribution in [2.75, 3.05) is 13.7 Å². The molecule has 0 atom stereocenters. The van der Waals surface area contributed by atoms with Crippen LogP contribution in [0.5, 0.6) is 11.5 Å². The highest BCUT2D eigenvalue weighted by Gasteiger charge is 2.13. The van der Waals surface area contributed by atoms with Crippen molar-refractivity contribution in [2.24, 2.45) is 0 Å². The van der Waals surface area contributed by atoms with Crippen LogP contribution >= 0.6 is 0 Å². The van der Waals surface area contributed by atoms with Crippen molar-refractivity contribution in [2.45, 2.75) is 26.3 Å². The van der Waals surface area contributed by atoms with E-state index in [1.807, 2.05) is 48.2 Å². The Balaban J connectivity index is 1.94. The Morgan fingerprint density at radius 3 is 2.43 bits per heavy atom. The van der Waals surface area contributed by atoms with Crippen molar-refractivity contribution in [3.05, 3.63) is 59.7 Å². The molecule has 0 radical (unpaired) electrons. The zero-order valence-electron chi connectivity index (χ0n) is 13.7. The molecule has 2 rings (SSSR count). The summed E-state index contributed by atoms with van der Waals surface area (Å²) in [5, 5.41) is 9.77. The molecule has 0 bridgehead atoms. The molecule has 0 aliphatic heterocycles. The molecule has 0 saturated carbocycles. The highest BCUT2D eigenvalue weighted by Crippen LogP contribution is 2.18. The van der Waals surface area contributed by atoms with Crippen LogP contribution in [-0.4, -0.2) is 29.6 Å². The summed E-state index contributed by atoms with van der Waals surface area (Å²) in [6.45, 7) is 3.22. The Morgan fingerprint density at radius 1 is 1.13 bits per heavy atom. The molecule has 0 fully saturated rings. The molecule has 2 aromatic rings. The minimum absolute atomic E-state index is 0.0894. The molecule has 0 spiro atoms. The van der Waals surface area contributed by atoms with Gasteiger partial charge >= 0.3 is 0 Å². The van der Waals surface area contributed by atoms with E-state index in [9.17, 15) is 9.90 Å². The van der Waals surface area contributed by atoms with Gasteiger partial charge in [0.2, 0.25) is 5.91 Å². The number of ether oxygens (including phenoxy) is 1. The Bertz CT molecular complexity index is 637. The normalized spacial score (nSPS) is 10.3. The SMILES string of the molecule is CCN(Cc1ccc(OC)cc1)C(=O)CCc1ccccc1O. The quantitative estimate of drug-likeness (QED) is 0.852. The van der Waals surface area contributed by atoms with E-state index in [0.29, 0.717) is 25.9 Å². The number of rotatable bonds is 7. The molecule has 122 valence electrons. The number of amides is 1. The van der Waals surface area contributed by atoms with Gasteiger partial charge in [-0.2, -0.15) is 0 Å². The number of carbonyl (C=O) groups is 1. The number of aryl methyl sites for hydroxylation is 1. The molecule has 4 nitrogen and oxygen atoms in total. The van der Waals surface area contributed by atoms with E-state index in [0.717, 1.165) is 16.9 Å². The zero-order chi connectivity index (χ0) is 16.7. The van der Waals surface area contributed by atoms with E-state index >= 15 is 0 Å². The standard InChI is InChI=1S/C19H23NO3/c1-3-20(14-15-8-11-17(23-2)12-9-15)19(22)13-10-16-6-4-5-7-18(16)21/h4-9,11-12,21H,3,10,13-14H2,1-2H3. The predicted molar refractivity (Wildman–Crippen MR) is 90.5 cm³/mol. The van der Waals surface area contributed by atoms with Crippen LogP contribution in [0.1, 0.15) is 24.5 Å². The van der Waals surface area contributed by atoms with Crippen molar-refractivity contribution < 1.29 is 14.6 Å². The number of aromatic hydroxyl groups is 1. The Labute approximate surface area is 137 Å². The number of phenolic OH excluding ortho intramolecular Hbond substituents is 1. The molecule has 2 aromatic carbocycles. The summed E-state index contributed by atoms with van der Waals surface area (Å²) in [6, 6.07) is 14.9. The Kier molecular flexibility index (Phi) is 6.03. The first-order chi connectivity index (χ1) is 11.1. The largest absolute Gasteiger partial charge is 0.508 e. The fraction of sp³-hybridized carbons (Fsp3) is 0.316. The van der Waals surface area contributed by atoms with E-state index in [1.165, 1.54) is 0 Å². The molecule has 0 aliphatic rings. The number of carbonyl (C=O) groups excluding carboxylic acids is 1. The molecule has 0 unspecified atom stereocenters. The summed E-state index contributed by atoms with van der Waals surface area (Å²) >= 11 is 0. The van der Waals surface area contributed by atoms with E-state index in [4.69, 9.17) is 4.74 Å². The second kappa shape index (κ2) is 8.22. The third kappa shape index (κ3) is 4.74. The topological polar surface area (TPSA) is 49.8 Å². The summed E-state index contributed by atoms with van der Waals surface area (Å²) in [4.78, 5) is 14.2. The number of para-hydroxylation sites is 1. The molecule has 0 aromatic heterocycles. The van der Waals surface area contributed by atoms with E-state index in [2.05, 4.69) is 0 Å². The van der Waals surface area contributed by atoms with Crippen molar-refractivity contribution in [1.82, 2.24) is 4.90 Å². The van der Waals surface area contributed by atoms with E-state index in [-0.39, 0.29) is 11.7 Å². The maximum Gasteiger partial charge on any atom is 0.223 e. The van der Waals surface area contributed by atoms with Gasteiger partial charge in [-0.05, 0) is 42.7 Å².